The summed E-state index contributed by atoms with van der Waals surface area (Å²) in [6, 6.07) is 8.11. The number of benzene rings is 1. The molecular weight excluding hydrogens is 288 g/mol. The Kier molecular flexibility index (Phi) is 3.57. The summed E-state index contributed by atoms with van der Waals surface area (Å²) in [5.41, 5.74) is 0.873. The van der Waals surface area contributed by atoms with Crippen LogP contribution in [0.5, 0.6) is 0 Å². The Morgan fingerprint density at radius 2 is 2.23 bits per heavy atom. The lowest BCUT2D eigenvalue weighted by atomic mass is 10.1. The molecule has 0 aliphatic rings. The highest BCUT2D eigenvalue weighted by molar-refractivity contribution is 5.70. The van der Waals surface area contributed by atoms with Crippen molar-refractivity contribution in [2.75, 3.05) is 11.9 Å². The number of rotatable bonds is 5. The molecule has 1 N–H and O–H groups in total. The summed E-state index contributed by atoms with van der Waals surface area (Å²) < 4.78 is 10.3. The van der Waals surface area contributed by atoms with Gasteiger partial charge in [0, 0.05) is 18.2 Å². The third-order valence-corrected chi connectivity index (χ3v) is 2.98. The fourth-order valence-corrected chi connectivity index (χ4v) is 2.00. The molecule has 1 aromatic carbocycles. The van der Waals surface area contributed by atoms with E-state index >= 15 is 0 Å². The molecule has 0 atom stereocenters. The standard InChI is InChI=1S/C14H12N4O4/c1-2-15-10-6-5-9(8-11(10)18(19)20)14-16-13(17-22-14)12-4-3-7-21-12/h3-8,15H,2H2,1H3. The highest BCUT2D eigenvalue weighted by Crippen LogP contribution is 2.30. The molecular formula is C14H12N4O4. The van der Waals surface area contributed by atoms with E-state index in [0.717, 1.165) is 0 Å². The fourth-order valence-electron chi connectivity index (χ4n) is 2.00. The van der Waals surface area contributed by atoms with Gasteiger partial charge in [-0.15, -0.1) is 0 Å². The van der Waals surface area contributed by atoms with Gasteiger partial charge in [-0.1, -0.05) is 5.16 Å². The Labute approximate surface area is 124 Å². The molecule has 2 aromatic heterocycles. The van der Waals surface area contributed by atoms with Crippen LogP contribution in [0.3, 0.4) is 0 Å². The molecule has 3 aromatic rings. The fraction of sp³-hybridized carbons (Fsp3) is 0.143. The molecule has 0 radical (unpaired) electrons. The molecule has 0 amide bonds. The lowest BCUT2D eigenvalue weighted by molar-refractivity contribution is -0.383. The molecule has 0 bridgehead atoms. The van der Waals surface area contributed by atoms with Crippen molar-refractivity contribution in [3.63, 3.8) is 0 Å². The van der Waals surface area contributed by atoms with Gasteiger partial charge in [-0.3, -0.25) is 10.1 Å². The van der Waals surface area contributed by atoms with Gasteiger partial charge in [-0.05, 0) is 31.2 Å². The monoisotopic (exact) mass is 300 g/mol. The average molecular weight is 300 g/mol. The summed E-state index contributed by atoms with van der Waals surface area (Å²) in [7, 11) is 0. The van der Waals surface area contributed by atoms with Crippen molar-refractivity contribution in [1.82, 2.24) is 10.1 Å². The van der Waals surface area contributed by atoms with Gasteiger partial charge in [0.15, 0.2) is 5.76 Å². The zero-order chi connectivity index (χ0) is 15.5. The number of nitro groups is 1. The SMILES string of the molecule is CCNc1ccc(-c2nc(-c3ccco3)no2)cc1[N+](=O)[O-]. The first-order chi connectivity index (χ1) is 10.7. The molecule has 8 heteroatoms. The minimum absolute atomic E-state index is 0.0444. The number of aromatic nitrogens is 2. The van der Waals surface area contributed by atoms with Gasteiger partial charge in [-0.25, -0.2) is 0 Å². The van der Waals surface area contributed by atoms with Gasteiger partial charge in [-0.2, -0.15) is 4.98 Å². The zero-order valence-corrected chi connectivity index (χ0v) is 11.6. The van der Waals surface area contributed by atoms with Crippen LogP contribution in [0.1, 0.15) is 6.92 Å². The summed E-state index contributed by atoms with van der Waals surface area (Å²) in [6.07, 6.45) is 1.50. The number of hydrogen-bond donors (Lipinski definition) is 1. The zero-order valence-electron chi connectivity index (χ0n) is 11.6. The van der Waals surface area contributed by atoms with Crippen LogP contribution in [0.4, 0.5) is 11.4 Å². The minimum atomic E-state index is -0.453. The number of nitro benzene ring substituents is 1. The van der Waals surface area contributed by atoms with E-state index in [9.17, 15) is 10.1 Å². The molecule has 0 fully saturated rings. The Morgan fingerprint density at radius 1 is 1.36 bits per heavy atom. The maximum Gasteiger partial charge on any atom is 0.293 e. The second kappa shape index (κ2) is 5.68. The molecule has 0 spiro atoms. The lowest BCUT2D eigenvalue weighted by Gasteiger charge is -2.04. The van der Waals surface area contributed by atoms with Gasteiger partial charge in [0.05, 0.1) is 11.2 Å². The normalized spacial score (nSPS) is 10.6. The van der Waals surface area contributed by atoms with Crippen LogP contribution in [-0.4, -0.2) is 21.6 Å². The summed E-state index contributed by atoms with van der Waals surface area (Å²) in [5, 5.41) is 17.9. The molecule has 0 aliphatic carbocycles. The minimum Gasteiger partial charge on any atom is -0.461 e. The smallest absolute Gasteiger partial charge is 0.293 e. The van der Waals surface area contributed by atoms with Gasteiger partial charge >= 0.3 is 0 Å². The van der Waals surface area contributed by atoms with E-state index in [4.69, 9.17) is 8.94 Å². The molecule has 2 heterocycles. The second-order valence-electron chi connectivity index (χ2n) is 4.42. The highest BCUT2D eigenvalue weighted by Gasteiger charge is 2.18. The molecule has 22 heavy (non-hydrogen) atoms. The molecule has 0 aliphatic heterocycles. The number of nitrogens with zero attached hydrogens (tertiary/aromatic N) is 3. The highest BCUT2D eigenvalue weighted by atomic mass is 16.6. The Morgan fingerprint density at radius 3 is 2.91 bits per heavy atom. The number of anilines is 1. The number of nitrogens with one attached hydrogen (secondary N) is 1. The second-order valence-corrected chi connectivity index (χ2v) is 4.42. The Hall–Kier alpha value is -3.16. The molecule has 0 saturated heterocycles. The summed E-state index contributed by atoms with van der Waals surface area (Å²) >= 11 is 0. The van der Waals surface area contributed by atoms with Crippen molar-refractivity contribution in [2.24, 2.45) is 0 Å². The van der Waals surface area contributed by atoms with Crippen LogP contribution in [0.15, 0.2) is 45.5 Å². The molecule has 3 rings (SSSR count). The third-order valence-electron chi connectivity index (χ3n) is 2.98. The van der Waals surface area contributed by atoms with E-state index in [1.165, 1.54) is 12.3 Å². The molecule has 8 nitrogen and oxygen atoms in total. The van der Waals surface area contributed by atoms with Gasteiger partial charge < -0.3 is 14.3 Å². The lowest BCUT2D eigenvalue weighted by Crippen LogP contribution is -2.01. The Bertz CT molecular complexity index is 795. The summed E-state index contributed by atoms with van der Waals surface area (Å²) in [6.45, 7) is 2.45. The predicted octanol–water partition coefficient (Wildman–Crippen LogP) is 3.34. The first kappa shape index (κ1) is 13.8. The van der Waals surface area contributed by atoms with E-state index in [2.05, 4.69) is 15.5 Å². The van der Waals surface area contributed by atoms with Crippen molar-refractivity contribution in [2.45, 2.75) is 6.92 Å². The average Bonchev–Trinajstić information content (AvgIpc) is 3.19. The summed E-state index contributed by atoms with van der Waals surface area (Å²) in [4.78, 5) is 14.9. The van der Waals surface area contributed by atoms with Crippen LogP contribution >= 0.6 is 0 Å². The largest absolute Gasteiger partial charge is 0.461 e. The quantitative estimate of drug-likeness (QED) is 0.568. The predicted molar refractivity (Wildman–Crippen MR) is 78.3 cm³/mol. The van der Waals surface area contributed by atoms with Gasteiger partial charge in [0.25, 0.3) is 11.6 Å². The van der Waals surface area contributed by atoms with E-state index in [1.807, 2.05) is 6.92 Å². The van der Waals surface area contributed by atoms with Crippen LogP contribution in [0.25, 0.3) is 23.0 Å². The Balaban J connectivity index is 1.98. The van der Waals surface area contributed by atoms with E-state index in [1.54, 1.807) is 24.3 Å². The van der Waals surface area contributed by atoms with Crippen molar-refractivity contribution in [3.8, 4) is 23.0 Å². The van der Waals surface area contributed by atoms with Gasteiger partial charge in [0.1, 0.15) is 5.69 Å². The van der Waals surface area contributed by atoms with Crippen LogP contribution in [0, 0.1) is 10.1 Å². The van der Waals surface area contributed by atoms with Crippen molar-refractivity contribution in [1.29, 1.82) is 0 Å². The third kappa shape index (κ3) is 2.53. The van der Waals surface area contributed by atoms with Crippen molar-refractivity contribution in [3.05, 3.63) is 46.7 Å². The van der Waals surface area contributed by atoms with E-state index in [0.29, 0.717) is 29.4 Å². The van der Waals surface area contributed by atoms with Crippen LogP contribution in [-0.2, 0) is 0 Å². The van der Waals surface area contributed by atoms with Gasteiger partial charge in [0.2, 0.25) is 5.82 Å². The first-order valence-electron chi connectivity index (χ1n) is 6.59. The van der Waals surface area contributed by atoms with E-state index in [-0.39, 0.29) is 11.6 Å². The maximum absolute atomic E-state index is 11.2. The summed E-state index contributed by atoms with van der Waals surface area (Å²) in [5.74, 6) is 0.949. The first-order valence-corrected chi connectivity index (χ1v) is 6.59. The maximum atomic E-state index is 11.2. The van der Waals surface area contributed by atoms with Crippen molar-refractivity contribution < 1.29 is 13.9 Å². The molecule has 0 unspecified atom stereocenters. The topological polar surface area (TPSA) is 107 Å². The van der Waals surface area contributed by atoms with Crippen molar-refractivity contribution >= 4 is 11.4 Å². The van der Waals surface area contributed by atoms with Crippen LogP contribution in [0.2, 0.25) is 0 Å². The van der Waals surface area contributed by atoms with Crippen LogP contribution < -0.4 is 5.32 Å². The number of hydrogen-bond acceptors (Lipinski definition) is 7. The van der Waals surface area contributed by atoms with E-state index < -0.39 is 4.92 Å². The molecule has 112 valence electrons. The molecule has 0 saturated carbocycles. The number of furan rings is 1.